The van der Waals surface area contributed by atoms with Crippen molar-refractivity contribution in [2.75, 3.05) is 71.9 Å². The monoisotopic (exact) mass is 1390 g/mol. The smallest absolute Gasteiger partial charge is 0.220 e. The average molecular weight is 1390 g/mol. The molecule has 2 aliphatic heterocycles. The lowest BCUT2D eigenvalue weighted by Crippen LogP contribution is -2.64. The van der Waals surface area contributed by atoms with E-state index in [4.69, 9.17) is 34.2 Å². The van der Waals surface area contributed by atoms with E-state index in [1.54, 1.807) is 0 Å². The highest BCUT2D eigenvalue weighted by Crippen LogP contribution is 2.36. The predicted molar refractivity (Wildman–Crippen MR) is 346 cm³/mol. The number of thioether (sulfide) groups is 1. The summed E-state index contributed by atoms with van der Waals surface area (Å²) in [7, 11) is 0. The largest absolute Gasteiger partial charge is 0.394 e. The zero-order valence-electron chi connectivity index (χ0n) is 57.3. The fourth-order valence-electron chi connectivity index (χ4n) is 11.5. The van der Waals surface area contributed by atoms with Gasteiger partial charge in [-0.2, -0.15) is 0 Å². The van der Waals surface area contributed by atoms with Crippen LogP contribution in [0.3, 0.4) is 0 Å². The zero-order valence-corrected chi connectivity index (χ0v) is 58.1. The molecule has 33 heteroatoms. The second-order valence-corrected chi connectivity index (χ2v) is 27.7. The van der Waals surface area contributed by atoms with Crippen molar-refractivity contribution in [1.29, 1.82) is 0 Å². The maximum Gasteiger partial charge on any atom is 0.220 e. The Hall–Kier alpha value is -4.53. The first-order valence-electron chi connectivity index (χ1n) is 32.8. The van der Waals surface area contributed by atoms with Gasteiger partial charge in [-0.3, -0.25) is 38.4 Å². The van der Waals surface area contributed by atoms with Gasteiger partial charge in [0.2, 0.25) is 47.3 Å². The van der Waals surface area contributed by atoms with Crippen molar-refractivity contribution in [3.05, 3.63) is 0 Å². The fourth-order valence-corrected chi connectivity index (χ4v) is 12.3. The minimum absolute atomic E-state index is 0.00451. The van der Waals surface area contributed by atoms with Crippen LogP contribution in [-0.2, 0) is 66.8 Å². The molecule has 2 aliphatic rings. The van der Waals surface area contributed by atoms with Crippen LogP contribution in [0.5, 0.6) is 0 Å². The Bertz CT molecular complexity index is 2340. The summed E-state index contributed by atoms with van der Waals surface area (Å²) >= 11 is 1.28. The average Bonchev–Trinajstić information content (AvgIpc) is 0.860. The first-order valence-corrected chi connectivity index (χ1v) is 33.8. The third kappa shape index (κ3) is 31.9. The highest BCUT2D eigenvalue weighted by molar-refractivity contribution is 7.99. The normalized spacial score (nSPS) is 24.4. The van der Waals surface area contributed by atoms with Crippen molar-refractivity contribution in [3.63, 3.8) is 0 Å². The minimum Gasteiger partial charge on any atom is -0.394 e. The van der Waals surface area contributed by atoms with Gasteiger partial charge >= 0.3 is 0 Å². The van der Waals surface area contributed by atoms with Crippen LogP contribution in [0, 0.1) is 22.7 Å². The third-order valence-corrected chi connectivity index (χ3v) is 18.0. The molecule has 18 atom stereocenters. The van der Waals surface area contributed by atoms with Gasteiger partial charge in [0.25, 0.3) is 0 Å². The predicted octanol–water partition coefficient (Wildman–Crippen LogP) is -3.17. The van der Waals surface area contributed by atoms with E-state index in [9.17, 15) is 84.3 Å². The van der Waals surface area contributed by atoms with E-state index in [0.29, 0.717) is 19.3 Å². The zero-order chi connectivity index (χ0) is 71.8. The van der Waals surface area contributed by atoms with Crippen LogP contribution in [0.2, 0.25) is 0 Å². The number of hydrogen-bond acceptors (Lipinski definition) is 25. The maximum absolute atomic E-state index is 14.1. The lowest BCUT2D eigenvalue weighted by molar-refractivity contribution is -0.276. The van der Waals surface area contributed by atoms with Gasteiger partial charge in [0.1, 0.15) is 60.9 Å². The molecule has 2 rings (SSSR count). The number of amides is 8. The van der Waals surface area contributed by atoms with Gasteiger partial charge in [-0.15, -0.1) is 11.8 Å². The molecule has 0 aliphatic carbocycles. The molecule has 0 bridgehead atoms. The molecule has 2 heterocycles. The molecule has 552 valence electrons. The standard InChI is InChI=1S/C62H115N9O23S/c1-12-40(35(3)29-89-57(42(25-72)68-37(5)77)92-43(26-73)36(4)76)23-64-47(81)17-20-62(71-50(84)16-14-15-46(80)67-33-63,21-18-48(82)65-24-41(13-2)95-34-91-59-52(70-39(7)79)56(88)54(86)45(28-75)94-59)22-19-49(83)66-31-60(8,9)30-61(10,11)32-90-58-51(69-38(6)78)55(87)53(85)44(27-74)93-58/h35-36,40-45,51-59,72-76,85-88H,12-34,63H2,1-11H3,(H,64,81)(H,65,82)(H,66,83)(H,67,80)(H,68,77)(H,69,78)(H,70,79)(H,71,84)/t35?,36-,40?,41?,42+,43?,44?,45?,51?,52?,53?,54?,55?,56?,57?,58?,59?,62?/m1/s1. The van der Waals surface area contributed by atoms with Crippen LogP contribution in [0.15, 0.2) is 0 Å². The molecule has 95 heavy (non-hydrogen) atoms. The Balaban J connectivity index is 2.44. The van der Waals surface area contributed by atoms with Crippen molar-refractivity contribution in [3.8, 4) is 0 Å². The van der Waals surface area contributed by atoms with Crippen molar-refractivity contribution in [2.24, 2.45) is 28.4 Å². The molecule has 16 unspecified atom stereocenters. The summed E-state index contributed by atoms with van der Waals surface area (Å²) in [6.45, 7) is 16.3. The van der Waals surface area contributed by atoms with Gasteiger partial charge in [-0.05, 0) is 68.1 Å². The van der Waals surface area contributed by atoms with Gasteiger partial charge in [0.05, 0.1) is 58.4 Å². The van der Waals surface area contributed by atoms with Crippen LogP contribution < -0.4 is 48.3 Å². The molecule has 0 saturated carbocycles. The van der Waals surface area contributed by atoms with Crippen LogP contribution in [0.4, 0.5) is 0 Å². The first-order chi connectivity index (χ1) is 44.6. The Labute approximate surface area is 562 Å². The van der Waals surface area contributed by atoms with Crippen LogP contribution in [0.25, 0.3) is 0 Å². The molecule has 0 aromatic heterocycles. The number of aliphatic hydroxyl groups excluding tert-OH is 9. The molecule has 32 nitrogen and oxygen atoms in total. The van der Waals surface area contributed by atoms with Crippen LogP contribution in [0.1, 0.15) is 153 Å². The highest BCUT2D eigenvalue weighted by Gasteiger charge is 2.48. The van der Waals surface area contributed by atoms with E-state index in [-0.39, 0.29) is 126 Å². The number of ether oxygens (including phenoxy) is 6. The quantitative estimate of drug-likeness (QED) is 0.0267. The second-order valence-electron chi connectivity index (χ2n) is 26.5. The lowest BCUT2D eigenvalue weighted by atomic mass is 9.75. The molecule has 2 saturated heterocycles. The Kier molecular flexibility index (Phi) is 39.9. The second kappa shape index (κ2) is 43.8. The van der Waals surface area contributed by atoms with E-state index in [1.165, 1.54) is 39.5 Å². The van der Waals surface area contributed by atoms with Gasteiger partial charge in [-0.1, -0.05) is 54.9 Å². The Morgan fingerprint density at radius 2 is 1.13 bits per heavy atom. The van der Waals surface area contributed by atoms with E-state index in [2.05, 4.69) is 42.5 Å². The summed E-state index contributed by atoms with van der Waals surface area (Å²) in [6, 6.07) is -3.38. The lowest BCUT2D eigenvalue weighted by Gasteiger charge is -2.43. The summed E-state index contributed by atoms with van der Waals surface area (Å²) in [5.74, 6) is -4.27. The van der Waals surface area contributed by atoms with Crippen molar-refractivity contribution in [1.82, 2.24) is 42.5 Å². The molecule has 0 aromatic carbocycles. The Morgan fingerprint density at radius 3 is 1.59 bits per heavy atom. The van der Waals surface area contributed by atoms with Crippen molar-refractivity contribution >= 4 is 59.0 Å². The van der Waals surface area contributed by atoms with Crippen molar-refractivity contribution in [2.45, 2.75) is 250 Å². The number of carbonyl (C=O) groups is 8. The topological polar surface area (TPSA) is 496 Å². The molecule has 0 spiro atoms. The van der Waals surface area contributed by atoms with E-state index >= 15 is 0 Å². The number of carbonyl (C=O) groups excluding carboxylic acids is 8. The van der Waals surface area contributed by atoms with E-state index in [1.807, 2.05) is 48.5 Å². The number of rotatable bonds is 47. The number of aliphatic hydroxyl groups is 9. The Morgan fingerprint density at radius 1 is 0.621 bits per heavy atom. The number of nitrogens with two attached hydrogens (primary N) is 1. The summed E-state index contributed by atoms with van der Waals surface area (Å²) in [4.78, 5) is 105. The summed E-state index contributed by atoms with van der Waals surface area (Å²) in [5.41, 5.74) is 2.87. The van der Waals surface area contributed by atoms with E-state index in [0.717, 1.165) is 0 Å². The molecule has 0 aromatic rings. The summed E-state index contributed by atoms with van der Waals surface area (Å²) < 4.78 is 35.3. The molecular formula is C62H115N9O23S. The summed E-state index contributed by atoms with van der Waals surface area (Å²) in [6.07, 6.45) is -13.8. The molecule has 2 fully saturated rings. The van der Waals surface area contributed by atoms with Gasteiger partial charge in [0.15, 0.2) is 18.9 Å². The van der Waals surface area contributed by atoms with Crippen LogP contribution in [-0.4, -0.2) is 262 Å². The fraction of sp³-hybridized carbons (Fsp3) is 0.871. The number of hydrogen-bond donors (Lipinski definition) is 18. The molecular weight excluding hydrogens is 1270 g/mol. The summed E-state index contributed by atoms with van der Waals surface area (Å²) in [5, 5.41) is 114. The van der Waals surface area contributed by atoms with E-state index < -0.39 is 170 Å². The highest BCUT2D eigenvalue weighted by atomic mass is 32.2. The third-order valence-electron chi connectivity index (χ3n) is 16.7. The molecule has 19 N–H and O–H groups in total. The van der Waals surface area contributed by atoms with Gasteiger partial charge in [-0.25, -0.2) is 0 Å². The molecule has 8 amide bonds. The molecule has 0 radical (unpaired) electrons. The van der Waals surface area contributed by atoms with Crippen LogP contribution >= 0.6 is 11.8 Å². The van der Waals surface area contributed by atoms with Gasteiger partial charge in [0, 0.05) is 83.3 Å². The van der Waals surface area contributed by atoms with Crippen molar-refractivity contribution < 1.29 is 113 Å². The van der Waals surface area contributed by atoms with Gasteiger partial charge < -0.3 is 123 Å². The number of nitrogens with one attached hydrogen (secondary N) is 8. The SMILES string of the molecule is CCC(CNC(=O)CCC(CCC(=O)NCC(CC)C(C)COC(OC(CO)[C@@H](C)O)[C@H](CO)NC(C)=O)(CCC(=O)NCC(C)(C)CC(C)(C)COC1OC(CO)C(O)C(O)C1NC(C)=O)NC(=O)CCCC(=O)NCN)SCOC1OC(CO)C(O)C(O)C1NC(C)=O. The minimum atomic E-state index is -1.52. The first kappa shape index (κ1) is 86.6. The maximum atomic E-state index is 14.1.